The Bertz CT molecular complexity index is 999. The van der Waals surface area contributed by atoms with Crippen molar-refractivity contribution in [1.29, 1.82) is 5.26 Å². The summed E-state index contributed by atoms with van der Waals surface area (Å²) in [5, 5.41) is 21.6. The summed E-state index contributed by atoms with van der Waals surface area (Å²) < 4.78 is 26.0. The number of H-pyrrole nitrogens is 1. The summed E-state index contributed by atoms with van der Waals surface area (Å²) in [6.45, 7) is 7.82. The van der Waals surface area contributed by atoms with Gasteiger partial charge in [0.1, 0.15) is 12.3 Å². The van der Waals surface area contributed by atoms with E-state index in [9.17, 15) is 19.5 Å². The molecule has 0 saturated carbocycles. The minimum Gasteiger partial charge on any atom is -0.468 e. The van der Waals surface area contributed by atoms with E-state index >= 15 is 0 Å². The van der Waals surface area contributed by atoms with Gasteiger partial charge in [0.25, 0.3) is 14.1 Å². The van der Waals surface area contributed by atoms with Gasteiger partial charge in [-0.05, 0) is 27.7 Å². The summed E-state index contributed by atoms with van der Waals surface area (Å²) in [6, 6.07) is 2.23. The van der Waals surface area contributed by atoms with E-state index < -0.39 is 44.2 Å². The van der Waals surface area contributed by atoms with Crippen molar-refractivity contribution in [1.82, 2.24) is 19.5 Å². The third-order valence-electron chi connectivity index (χ3n) is 5.41. The average molecular weight is 530 g/mol. The first-order chi connectivity index (χ1) is 17.1. The van der Waals surface area contributed by atoms with E-state index in [0.717, 1.165) is 0 Å². The van der Waals surface area contributed by atoms with Crippen molar-refractivity contribution in [2.24, 2.45) is 0 Å². The molecule has 2 heterocycles. The molecular weight excluding hydrogens is 493 g/mol. The van der Waals surface area contributed by atoms with Crippen LogP contribution in [0, 0.1) is 11.3 Å². The van der Waals surface area contributed by atoms with Gasteiger partial charge in [0, 0.05) is 36.8 Å². The number of methoxy groups -OCH3 is 1. The predicted octanol–water partition coefficient (Wildman–Crippen LogP) is 0.740. The van der Waals surface area contributed by atoms with Gasteiger partial charge in [0.05, 0.1) is 45.5 Å². The summed E-state index contributed by atoms with van der Waals surface area (Å²) in [7, 11) is -0.332. The van der Waals surface area contributed by atoms with Gasteiger partial charge in [0.15, 0.2) is 0 Å². The highest BCUT2D eigenvalue weighted by Gasteiger charge is 2.41. The molecule has 1 saturated heterocycles. The van der Waals surface area contributed by atoms with Gasteiger partial charge in [-0.25, -0.2) is 9.46 Å². The minimum absolute atomic E-state index is 0.0244. The van der Waals surface area contributed by atoms with Crippen LogP contribution < -0.4 is 16.6 Å². The summed E-state index contributed by atoms with van der Waals surface area (Å²) in [5.41, 5.74) is -1.03. The molecule has 1 unspecified atom stereocenters. The van der Waals surface area contributed by atoms with E-state index in [2.05, 4.69) is 25.8 Å². The first-order valence-electron chi connectivity index (χ1n) is 11.8. The second-order valence-electron chi connectivity index (χ2n) is 8.74. The zero-order valence-electron chi connectivity index (χ0n) is 21.3. The lowest BCUT2D eigenvalue weighted by atomic mass is 10.2. The molecule has 3 N–H and O–H groups in total. The Morgan fingerprint density at radius 1 is 1.39 bits per heavy atom. The van der Waals surface area contributed by atoms with Crippen LogP contribution in [0.1, 0.15) is 52.3 Å². The molecule has 0 bridgehead atoms. The summed E-state index contributed by atoms with van der Waals surface area (Å²) in [4.78, 5) is 38.4. The number of carbonyl (C=O) groups excluding carboxylic acids is 1. The Morgan fingerprint density at radius 3 is 2.67 bits per heavy atom. The molecule has 1 aliphatic heterocycles. The van der Waals surface area contributed by atoms with Crippen LogP contribution in [0.15, 0.2) is 15.8 Å². The van der Waals surface area contributed by atoms with Crippen LogP contribution in [0.25, 0.3) is 0 Å². The van der Waals surface area contributed by atoms with Gasteiger partial charge in [-0.1, -0.05) is 0 Å². The second kappa shape index (κ2) is 14.5. The molecule has 1 fully saturated rings. The number of hydrogen-bond acceptors (Lipinski definition) is 11. The van der Waals surface area contributed by atoms with Crippen LogP contribution in [0.3, 0.4) is 0 Å². The van der Waals surface area contributed by atoms with Crippen LogP contribution in [-0.4, -0.2) is 76.5 Å². The highest BCUT2D eigenvalue weighted by Crippen LogP contribution is 2.49. The molecule has 1 aromatic rings. The summed E-state index contributed by atoms with van der Waals surface area (Å²) >= 11 is 0. The van der Waals surface area contributed by atoms with Gasteiger partial charge in [-0.2, -0.15) is 5.26 Å². The number of carbonyl (C=O) groups is 1. The van der Waals surface area contributed by atoms with Crippen molar-refractivity contribution in [3.63, 3.8) is 0 Å². The minimum atomic E-state index is -1.59. The number of esters is 1. The average Bonchev–Trinajstić information content (AvgIpc) is 3.22. The Hall–Kier alpha value is -2.17. The fourth-order valence-corrected chi connectivity index (χ4v) is 5.55. The molecule has 0 aliphatic carbocycles. The van der Waals surface area contributed by atoms with Gasteiger partial charge in [-0.15, -0.1) is 0 Å². The van der Waals surface area contributed by atoms with E-state index in [4.69, 9.17) is 19.0 Å². The van der Waals surface area contributed by atoms with Crippen LogP contribution in [-0.2, 0) is 29.9 Å². The van der Waals surface area contributed by atoms with Crippen molar-refractivity contribution in [2.45, 2.75) is 77.6 Å². The second-order valence-corrected chi connectivity index (χ2v) is 10.1. The number of aliphatic hydroxyl groups excluding tert-OH is 1. The smallest absolute Gasteiger partial charge is 0.330 e. The molecule has 1 aliphatic rings. The van der Waals surface area contributed by atoms with Crippen molar-refractivity contribution in [3.8, 4) is 6.07 Å². The van der Waals surface area contributed by atoms with E-state index in [-0.39, 0.29) is 56.8 Å². The maximum Gasteiger partial charge on any atom is 0.330 e. The summed E-state index contributed by atoms with van der Waals surface area (Å²) in [5.74, 6) is -0.491. The van der Waals surface area contributed by atoms with Crippen molar-refractivity contribution >= 4 is 14.5 Å². The highest BCUT2D eigenvalue weighted by atomic mass is 31.2. The van der Waals surface area contributed by atoms with Gasteiger partial charge < -0.3 is 28.9 Å². The van der Waals surface area contributed by atoms with Gasteiger partial charge >= 0.3 is 11.7 Å². The van der Waals surface area contributed by atoms with Crippen molar-refractivity contribution < 1.29 is 28.4 Å². The van der Waals surface area contributed by atoms with Gasteiger partial charge in [0.2, 0.25) is 0 Å². The normalized spacial score (nSPS) is 20.7. The molecule has 14 heteroatoms. The van der Waals surface area contributed by atoms with Crippen LogP contribution in [0.2, 0.25) is 0 Å². The lowest BCUT2D eigenvalue weighted by Gasteiger charge is -2.37. The molecular formula is C22H36N5O8P. The molecule has 4 atom stereocenters. The Labute approximate surface area is 211 Å². The number of aromatic amines is 1. The Kier molecular flexibility index (Phi) is 12.1. The fourth-order valence-electron chi connectivity index (χ4n) is 3.79. The van der Waals surface area contributed by atoms with Crippen molar-refractivity contribution in [3.05, 3.63) is 32.6 Å². The number of nitrogens with one attached hydrogen (secondary N) is 2. The third kappa shape index (κ3) is 8.18. The van der Waals surface area contributed by atoms with E-state index in [1.54, 1.807) is 0 Å². The third-order valence-corrected chi connectivity index (χ3v) is 7.57. The molecule has 202 valence electrons. The Balaban J connectivity index is 2.23. The molecule has 0 amide bonds. The maximum atomic E-state index is 12.6. The number of aromatic nitrogens is 2. The number of ether oxygens (including phenoxy) is 2. The molecule has 13 nitrogen and oxygen atoms in total. The summed E-state index contributed by atoms with van der Waals surface area (Å²) in [6.07, 6.45) is -0.351. The number of aliphatic hydroxyl groups is 1. The zero-order valence-corrected chi connectivity index (χ0v) is 22.2. The molecule has 0 radical (unpaired) electrons. The van der Waals surface area contributed by atoms with Crippen molar-refractivity contribution in [2.75, 3.05) is 26.9 Å². The van der Waals surface area contributed by atoms with Crippen LogP contribution in [0.4, 0.5) is 0 Å². The quantitative estimate of drug-likeness (QED) is 0.177. The van der Waals surface area contributed by atoms with Crippen LogP contribution in [0.5, 0.6) is 0 Å². The monoisotopic (exact) mass is 529 g/mol. The SMILES string of the molecule is COC(=O)CNCc1cn([C@H]2C[C@H](OP(OCCC#N)N(C(C)C)C(C)C)[C@@H](CO)O2)c(=O)[nH]c1=O. The first kappa shape index (κ1) is 30.1. The number of nitriles is 1. The van der Waals surface area contributed by atoms with Crippen LogP contribution >= 0.6 is 8.53 Å². The Morgan fingerprint density at radius 2 is 2.08 bits per heavy atom. The number of hydrogen-bond donors (Lipinski definition) is 3. The number of nitrogens with zero attached hydrogens (tertiary/aromatic N) is 3. The molecule has 2 rings (SSSR count). The molecule has 0 aromatic carbocycles. The largest absolute Gasteiger partial charge is 0.468 e. The molecule has 0 spiro atoms. The maximum absolute atomic E-state index is 12.6. The highest BCUT2D eigenvalue weighted by molar-refractivity contribution is 7.44. The van der Waals surface area contributed by atoms with E-state index in [1.807, 2.05) is 27.7 Å². The fraction of sp³-hybridized carbons (Fsp3) is 0.727. The first-order valence-corrected chi connectivity index (χ1v) is 12.9. The lowest BCUT2D eigenvalue weighted by Crippen LogP contribution is -2.36. The zero-order chi connectivity index (χ0) is 26.8. The predicted molar refractivity (Wildman–Crippen MR) is 131 cm³/mol. The standard InChI is InChI=1S/C22H36N5O8P/c1-14(2)27(15(3)4)36(33-8-6-7-23)35-17-9-19(34-18(17)13-28)26-12-16(21(30)25-22(26)31)10-24-11-20(29)32-5/h12,14-15,17-19,24,28H,6,8-11,13H2,1-5H3,(H,25,30,31)/t17-,18+,19+,36?/m0/s1. The number of rotatable bonds is 14. The molecule has 1 aromatic heterocycles. The topological polar surface area (TPSA) is 168 Å². The lowest BCUT2D eigenvalue weighted by molar-refractivity contribution is -0.139. The molecule has 36 heavy (non-hydrogen) atoms. The van der Waals surface area contributed by atoms with E-state index in [1.165, 1.54) is 17.9 Å². The van der Waals surface area contributed by atoms with E-state index in [0.29, 0.717) is 0 Å². The van der Waals surface area contributed by atoms with Gasteiger partial charge in [-0.3, -0.25) is 19.1 Å².